The summed E-state index contributed by atoms with van der Waals surface area (Å²) in [5, 5.41) is 72.7. The second-order valence-corrected chi connectivity index (χ2v) is 24.7. The summed E-state index contributed by atoms with van der Waals surface area (Å²) in [5.41, 5.74) is 0.341. The van der Waals surface area contributed by atoms with Crippen LogP contribution < -0.4 is 0 Å². The molecule has 3 aliphatic rings. The van der Waals surface area contributed by atoms with Gasteiger partial charge in [0.2, 0.25) is 0 Å². The summed E-state index contributed by atoms with van der Waals surface area (Å²) in [4.78, 5) is 41.2. The number of rotatable bonds is 17. The molecule has 0 saturated carbocycles. The minimum Gasteiger partial charge on any atom is -0.459 e. The van der Waals surface area contributed by atoms with Gasteiger partial charge in [0, 0.05) is 15.0 Å². The van der Waals surface area contributed by atoms with E-state index in [0.29, 0.717) is 0 Å². The summed E-state index contributed by atoms with van der Waals surface area (Å²) in [6.07, 6.45) is -22.7. The van der Waals surface area contributed by atoms with Gasteiger partial charge in [-0.1, -0.05) is 107 Å². The van der Waals surface area contributed by atoms with Crippen LogP contribution in [0.25, 0.3) is 0 Å². The lowest BCUT2D eigenvalue weighted by Gasteiger charge is -2.48. The Balaban J connectivity index is 1.40. The Kier molecular flexibility index (Phi) is 17.5. The lowest BCUT2D eigenvalue weighted by atomic mass is 9.99. The zero-order valence-electron chi connectivity index (χ0n) is 38.4. The monoisotopic (exact) mass is 976 g/mol. The molecule has 67 heavy (non-hydrogen) atoms. The molecule has 3 aromatic carbocycles. The molecule has 20 heteroatoms. The standard InChI is InChI=1S/C47H64O18SSi/c1-25-18-20-28(21-19-25)66-45-40(62-42(56)27-16-12-9-13-17-27)39(65-67(57,46(2,3)4)47(5,6)7)38(64-45)31(24-58-41(55)26-14-10-8-11-15-26)61-44-36(54)34(52)37(63-44)30(23-49)60-43-35(53)33(51)32(50)29(22-48)59-43/h8-21,29-40,43-45,48-54,57H,22-24H2,1-7H3/t29-,30-,31-,32+,33+,34-,35-,36-,37+,38+,39+,40-,43+,44-,45+/m1/s1. The van der Waals surface area contributed by atoms with Crippen molar-refractivity contribution < 1.29 is 87.7 Å². The van der Waals surface area contributed by atoms with Crippen LogP contribution in [0.15, 0.2) is 89.8 Å². The van der Waals surface area contributed by atoms with Crippen LogP contribution >= 0.6 is 11.8 Å². The highest BCUT2D eigenvalue weighted by molar-refractivity contribution is 7.99. The molecule has 3 aliphatic heterocycles. The number of aliphatic hydroxyl groups excluding tert-OH is 7. The lowest BCUT2D eigenvalue weighted by Crippen LogP contribution is -2.61. The lowest BCUT2D eigenvalue weighted by molar-refractivity contribution is -0.324. The largest absolute Gasteiger partial charge is 0.459 e. The van der Waals surface area contributed by atoms with Crippen LogP contribution in [0, 0.1) is 6.92 Å². The first-order valence-electron chi connectivity index (χ1n) is 22.1. The smallest absolute Gasteiger partial charge is 0.347 e. The number of benzene rings is 3. The van der Waals surface area contributed by atoms with Crippen LogP contribution in [0.1, 0.15) is 67.8 Å². The molecule has 0 bridgehead atoms. The van der Waals surface area contributed by atoms with Crippen molar-refractivity contribution in [3.63, 3.8) is 0 Å². The summed E-state index contributed by atoms with van der Waals surface area (Å²) >= 11 is 1.21. The summed E-state index contributed by atoms with van der Waals surface area (Å²) in [7, 11) is -4.04. The fraction of sp³-hybridized carbons (Fsp3) is 0.574. The number of aryl methyl sites for hydroxylation is 1. The van der Waals surface area contributed by atoms with Gasteiger partial charge in [0.25, 0.3) is 0 Å². The molecule has 0 aliphatic carbocycles. The first-order chi connectivity index (χ1) is 31.6. The second-order valence-electron chi connectivity index (χ2n) is 19.0. The molecule has 3 saturated heterocycles. The van der Waals surface area contributed by atoms with Gasteiger partial charge in [0.15, 0.2) is 18.7 Å². The normalized spacial score (nSPS) is 31.3. The van der Waals surface area contributed by atoms with Gasteiger partial charge >= 0.3 is 20.5 Å². The molecular weight excluding hydrogens is 913 g/mol. The first kappa shape index (κ1) is 53.0. The van der Waals surface area contributed by atoms with Gasteiger partial charge in [-0.2, -0.15) is 0 Å². The van der Waals surface area contributed by atoms with Crippen LogP contribution in [-0.2, 0) is 37.6 Å². The number of aliphatic hydroxyl groups is 7. The van der Waals surface area contributed by atoms with E-state index in [2.05, 4.69) is 0 Å². The van der Waals surface area contributed by atoms with Crippen molar-refractivity contribution in [2.45, 2.75) is 155 Å². The van der Waals surface area contributed by atoms with Gasteiger partial charge < -0.3 is 78.1 Å². The van der Waals surface area contributed by atoms with Crippen LogP contribution in [0.4, 0.5) is 0 Å². The van der Waals surface area contributed by atoms with E-state index in [-0.39, 0.29) is 11.1 Å². The number of carbonyl (C=O) groups excluding carboxylic acids is 2. The van der Waals surface area contributed by atoms with Crippen molar-refractivity contribution in [3.8, 4) is 0 Å². The number of esters is 2. The Bertz CT molecular complexity index is 2040. The van der Waals surface area contributed by atoms with E-state index in [0.717, 1.165) is 10.5 Å². The maximum Gasteiger partial charge on any atom is 0.347 e. The number of hydrogen-bond acceptors (Lipinski definition) is 19. The quantitative estimate of drug-likeness (QED) is 0.0712. The molecular formula is C47H64O18SSi. The molecule has 6 rings (SSSR count). The minimum absolute atomic E-state index is 0.190. The number of ether oxygens (including phenoxy) is 7. The predicted octanol–water partition coefficient (Wildman–Crippen LogP) is 2.32. The Hall–Kier alpha value is -3.39. The van der Waals surface area contributed by atoms with Crippen molar-refractivity contribution in [1.82, 2.24) is 0 Å². The van der Waals surface area contributed by atoms with E-state index >= 15 is 0 Å². The molecule has 3 aromatic rings. The Morgan fingerprint density at radius 3 is 1.75 bits per heavy atom. The van der Waals surface area contributed by atoms with Crippen LogP contribution in [-0.4, -0.2) is 172 Å². The summed E-state index contributed by atoms with van der Waals surface area (Å²) in [6.45, 7) is 10.7. The van der Waals surface area contributed by atoms with Gasteiger partial charge in [0.05, 0.1) is 24.3 Å². The zero-order valence-corrected chi connectivity index (χ0v) is 40.2. The van der Waals surface area contributed by atoms with Crippen molar-refractivity contribution >= 4 is 32.3 Å². The second kappa shape index (κ2) is 22.1. The number of carbonyl (C=O) groups is 2. The summed E-state index contributed by atoms with van der Waals surface area (Å²) in [6, 6.07) is 23.9. The van der Waals surface area contributed by atoms with E-state index < -0.39 is 142 Å². The molecule has 18 nitrogen and oxygen atoms in total. The van der Waals surface area contributed by atoms with Gasteiger partial charge in [-0.3, -0.25) is 0 Å². The molecule has 0 amide bonds. The van der Waals surface area contributed by atoms with E-state index in [1.165, 1.54) is 23.9 Å². The molecule has 3 fully saturated rings. The van der Waals surface area contributed by atoms with E-state index in [9.17, 15) is 50.1 Å². The highest BCUT2D eigenvalue weighted by Gasteiger charge is 2.62. The average Bonchev–Trinajstić information content (AvgIpc) is 3.77. The van der Waals surface area contributed by atoms with Crippen LogP contribution in [0.3, 0.4) is 0 Å². The SMILES string of the molecule is Cc1ccc(S[C@@H]2O[C@@H]([C@@H](COC(=O)c3ccccc3)O[C@@H]3O[C@@H]([C@@H](CO)O[C@@H]4O[C@H](CO)[C@H](O)[C@H](O)[C@H]4O)[C@H](O)[C@H]3O)[C@H](O[Si](O)(C(C)(C)C)C(C)(C)C)[C@H]2OC(=O)c2ccccc2)cc1. The van der Waals surface area contributed by atoms with Crippen molar-refractivity contribution in [2.24, 2.45) is 0 Å². The van der Waals surface area contributed by atoms with Gasteiger partial charge in [-0.15, -0.1) is 0 Å². The third-order valence-electron chi connectivity index (χ3n) is 12.1. The summed E-state index contributed by atoms with van der Waals surface area (Å²) in [5.74, 6) is -1.49. The fourth-order valence-electron chi connectivity index (χ4n) is 8.36. The van der Waals surface area contributed by atoms with Crippen molar-refractivity contribution in [1.29, 1.82) is 0 Å². The predicted molar refractivity (Wildman–Crippen MR) is 242 cm³/mol. The zero-order chi connectivity index (χ0) is 49.0. The van der Waals surface area contributed by atoms with E-state index in [1.54, 1.807) is 48.5 Å². The first-order valence-corrected chi connectivity index (χ1v) is 24.8. The maximum atomic E-state index is 14.0. The highest BCUT2D eigenvalue weighted by Crippen LogP contribution is 2.52. The van der Waals surface area contributed by atoms with E-state index in [4.69, 9.17) is 37.6 Å². The molecule has 3 heterocycles. The molecule has 0 spiro atoms. The molecule has 15 atom stereocenters. The van der Waals surface area contributed by atoms with E-state index in [1.807, 2.05) is 72.7 Å². The third kappa shape index (κ3) is 12.0. The Labute approximate surface area is 394 Å². The van der Waals surface area contributed by atoms with Crippen LogP contribution in [0.2, 0.25) is 10.1 Å². The maximum absolute atomic E-state index is 14.0. The fourth-order valence-corrected chi connectivity index (χ4v) is 13.1. The van der Waals surface area contributed by atoms with Crippen LogP contribution in [0.5, 0.6) is 0 Å². The molecule has 8 N–H and O–H groups in total. The van der Waals surface area contributed by atoms with Gasteiger partial charge in [-0.05, 0) is 43.3 Å². The summed E-state index contributed by atoms with van der Waals surface area (Å²) < 4.78 is 49.8. The third-order valence-corrected chi connectivity index (χ3v) is 17.9. The average molecular weight is 977 g/mol. The number of thioether (sulfide) groups is 1. The van der Waals surface area contributed by atoms with Gasteiger partial charge in [-0.25, -0.2) is 9.59 Å². The molecule has 0 unspecified atom stereocenters. The highest BCUT2D eigenvalue weighted by atomic mass is 32.2. The molecule has 0 radical (unpaired) electrons. The Morgan fingerprint density at radius 2 is 1.19 bits per heavy atom. The minimum atomic E-state index is -4.04. The number of hydrogen-bond donors (Lipinski definition) is 8. The van der Waals surface area contributed by atoms with Gasteiger partial charge in [0.1, 0.15) is 79.2 Å². The van der Waals surface area contributed by atoms with Crippen molar-refractivity contribution in [3.05, 3.63) is 102 Å². The topological polar surface area (TPSA) is 270 Å². The molecule has 370 valence electrons. The Morgan fingerprint density at radius 1 is 0.657 bits per heavy atom. The van der Waals surface area contributed by atoms with Crippen molar-refractivity contribution in [2.75, 3.05) is 19.8 Å². The molecule has 0 aromatic heterocycles.